The van der Waals surface area contributed by atoms with Crippen LogP contribution in [0.4, 0.5) is 0 Å². The van der Waals surface area contributed by atoms with E-state index in [1.54, 1.807) is 7.11 Å². The second kappa shape index (κ2) is 7.44. The van der Waals surface area contributed by atoms with Crippen molar-refractivity contribution in [3.05, 3.63) is 63.8 Å². The van der Waals surface area contributed by atoms with Gasteiger partial charge in [0.2, 0.25) is 0 Å². The summed E-state index contributed by atoms with van der Waals surface area (Å²) in [5, 5.41) is 8.67. The minimum Gasteiger partial charge on any atom is -0.497 e. The topological polar surface area (TPSA) is 49.2 Å². The number of hydrogen-bond acceptors (Lipinski definition) is 4. The highest BCUT2D eigenvalue weighted by molar-refractivity contribution is 9.10. The van der Waals surface area contributed by atoms with Crippen molar-refractivity contribution >= 4 is 15.9 Å². The molecule has 1 aromatic heterocycles. The van der Waals surface area contributed by atoms with Crippen LogP contribution >= 0.6 is 15.9 Å². The molecular weight excluding hydrogens is 406 g/mol. The van der Waals surface area contributed by atoms with Gasteiger partial charge in [-0.2, -0.15) is 0 Å². The normalized spacial score (nSPS) is 18.5. The van der Waals surface area contributed by atoms with Gasteiger partial charge in [-0.15, -0.1) is 5.10 Å². The summed E-state index contributed by atoms with van der Waals surface area (Å²) in [5.74, 6) is 0.851. The molecule has 0 spiro atoms. The van der Waals surface area contributed by atoms with Crippen LogP contribution in [0.3, 0.4) is 0 Å². The number of ether oxygens (including phenoxy) is 2. The molecule has 0 N–H and O–H groups in total. The average molecular weight is 428 g/mol. The van der Waals surface area contributed by atoms with Crippen LogP contribution < -0.4 is 4.74 Å². The van der Waals surface area contributed by atoms with Crippen LogP contribution in [0.25, 0.3) is 11.3 Å². The van der Waals surface area contributed by atoms with Gasteiger partial charge in [0.25, 0.3) is 0 Å². The van der Waals surface area contributed by atoms with E-state index >= 15 is 0 Å². The smallest absolute Gasteiger partial charge is 0.118 e. The Balaban J connectivity index is 1.66. The van der Waals surface area contributed by atoms with Crippen molar-refractivity contribution in [1.82, 2.24) is 15.0 Å². The van der Waals surface area contributed by atoms with Crippen LogP contribution in [0.1, 0.15) is 42.3 Å². The van der Waals surface area contributed by atoms with Gasteiger partial charge < -0.3 is 9.47 Å². The summed E-state index contributed by atoms with van der Waals surface area (Å²) < 4.78 is 14.7. The highest BCUT2D eigenvalue weighted by Crippen LogP contribution is 2.42. The zero-order valence-corrected chi connectivity index (χ0v) is 17.2. The molecule has 0 aliphatic carbocycles. The molecule has 6 heteroatoms. The largest absolute Gasteiger partial charge is 0.497 e. The molecule has 27 heavy (non-hydrogen) atoms. The van der Waals surface area contributed by atoms with Crippen LogP contribution in [0.5, 0.6) is 5.75 Å². The van der Waals surface area contributed by atoms with Crippen molar-refractivity contribution in [3.8, 4) is 17.0 Å². The number of halogens is 1. The fourth-order valence-corrected chi connectivity index (χ4v) is 4.01. The second-order valence-corrected chi connectivity index (χ2v) is 7.85. The first-order valence-corrected chi connectivity index (χ1v) is 9.82. The number of nitrogens with zero attached hydrogens (tertiary/aromatic N) is 3. The van der Waals surface area contributed by atoms with E-state index in [4.69, 9.17) is 9.47 Å². The molecule has 1 aliphatic rings. The van der Waals surface area contributed by atoms with Gasteiger partial charge in [-0.3, -0.25) is 0 Å². The molecule has 2 heterocycles. The number of aryl methyl sites for hydroxylation is 1. The number of aromatic nitrogens is 3. The van der Waals surface area contributed by atoms with E-state index in [1.165, 1.54) is 5.56 Å². The van der Waals surface area contributed by atoms with E-state index in [2.05, 4.69) is 51.4 Å². The maximum absolute atomic E-state index is 6.39. The van der Waals surface area contributed by atoms with E-state index in [-0.39, 0.29) is 12.1 Å². The number of hydrogen-bond donors (Lipinski definition) is 0. The molecule has 2 atom stereocenters. The predicted molar refractivity (Wildman–Crippen MR) is 108 cm³/mol. The molecule has 0 fully saturated rings. The summed E-state index contributed by atoms with van der Waals surface area (Å²) in [6.07, 6.45) is 0.825. The van der Waals surface area contributed by atoms with E-state index in [0.717, 1.165) is 39.2 Å². The molecule has 140 valence electrons. The molecule has 0 bridgehead atoms. The van der Waals surface area contributed by atoms with E-state index < -0.39 is 0 Å². The Morgan fingerprint density at radius 1 is 1.19 bits per heavy atom. The average Bonchev–Trinajstić information content (AvgIpc) is 3.01. The lowest BCUT2D eigenvalue weighted by Crippen LogP contribution is -2.11. The molecule has 1 aliphatic heterocycles. The van der Waals surface area contributed by atoms with E-state index in [0.29, 0.717) is 6.61 Å². The Morgan fingerprint density at radius 2 is 1.96 bits per heavy atom. The van der Waals surface area contributed by atoms with Crippen molar-refractivity contribution in [1.29, 1.82) is 0 Å². The van der Waals surface area contributed by atoms with Gasteiger partial charge in [-0.1, -0.05) is 39.3 Å². The van der Waals surface area contributed by atoms with Crippen LogP contribution in [-0.2, 0) is 11.3 Å². The maximum Gasteiger partial charge on any atom is 0.118 e. The summed E-state index contributed by atoms with van der Waals surface area (Å²) in [7, 11) is 1.67. The third-order valence-electron chi connectivity index (χ3n) is 5.06. The Kier molecular flexibility index (Phi) is 5.02. The van der Waals surface area contributed by atoms with Crippen LogP contribution in [-0.4, -0.2) is 22.1 Å². The molecule has 0 saturated heterocycles. The van der Waals surface area contributed by atoms with E-state index in [1.807, 2.05) is 35.9 Å². The minimum absolute atomic E-state index is 0.0179. The number of benzene rings is 2. The summed E-state index contributed by atoms with van der Waals surface area (Å²) >= 11 is 3.61. The molecule has 0 radical (unpaired) electrons. The van der Waals surface area contributed by atoms with Gasteiger partial charge in [0.1, 0.15) is 5.75 Å². The third kappa shape index (κ3) is 3.51. The monoisotopic (exact) mass is 427 g/mol. The molecule has 4 rings (SSSR count). The van der Waals surface area contributed by atoms with Crippen LogP contribution in [0.15, 0.2) is 46.9 Å². The Morgan fingerprint density at radius 3 is 2.70 bits per heavy atom. The fraction of sp³-hybridized carbons (Fsp3) is 0.333. The van der Waals surface area contributed by atoms with Crippen LogP contribution in [0, 0.1) is 6.92 Å². The summed E-state index contributed by atoms with van der Waals surface area (Å²) in [6.45, 7) is 4.73. The lowest BCUT2D eigenvalue weighted by molar-refractivity contribution is 0.0261. The van der Waals surface area contributed by atoms with Gasteiger partial charge >= 0.3 is 0 Å². The number of rotatable bonds is 4. The fourth-order valence-electron chi connectivity index (χ4n) is 3.63. The first kappa shape index (κ1) is 18.2. The zero-order chi connectivity index (χ0) is 19.0. The quantitative estimate of drug-likeness (QED) is 0.570. The molecule has 2 aromatic carbocycles. The molecule has 0 amide bonds. The second-order valence-electron chi connectivity index (χ2n) is 6.93. The summed E-state index contributed by atoms with van der Waals surface area (Å²) in [5.41, 5.74) is 5.47. The standard InChI is InChI=1S/C21H22BrN3O2/c1-13-10-20(27-12-15-4-7-17(26-3)8-5-15)19-11-16(22)6-9-18(19)21-14(2)23-24-25(13)21/h4-9,11,13,20H,10,12H2,1-3H3. The number of methoxy groups -OCH3 is 1. The molecular formula is C21H22BrN3O2. The van der Waals surface area contributed by atoms with Crippen LogP contribution in [0.2, 0.25) is 0 Å². The lowest BCUT2D eigenvalue weighted by Gasteiger charge is -2.21. The van der Waals surface area contributed by atoms with Gasteiger partial charge in [0.05, 0.1) is 37.3 Å². The lowest BCUT2D eigenvalue weighted by atomic mass is 9.97. The third-order valence-corrected chi connectivity index (χ3v) is 5.55. The minimum atomic E-state index is -0.0179. The summed E-state index contributed by atoms with van der Waals surface area (Å²) in [4.78, 5) is 0. The Hall–Kier alpha value is -2.18. The van der Waals surface area contributed by atoms with E-state index in [9.17, 15) is 0 Å². The Labute approximate surface area is 167 Å². The zero-order valence-electron chi connectivity index (χ0n) is 15.6. The predicted octanol–water partition coefficient (Wildman–Crippen LogP) is 5.25. The van der Waals surface area contributed by atoms with Crippen molar-refractivity contribution in [3.63, 3.8) is 0 Å². The van der Waals surface area contributed by atoms with Crippen molar-refractivity contribution in [2.45, 2.75) is 39.0 Å². The molecule has 2 unspecified atom stereocenters. The van der Waals surface area contributed by atoms with Crippen molar-refractivity contribution in [2.24, 2.45) is 0 Å². The van der Waals surface area contributed by atoms with Crippen molar-refractivity contribution in [2.75, 3.05) is 7.11 Å². The summed E-state index contributed by atoms with van der Waals surface area (Å²) in [6, 6.07) is 14.6. The van der Waals surface area contributed by atoms with Gasteiger partial charge in [-0.25, -0.2) is 4.68 Å². The first-order valence-electron chi connectivity index (χ1n) is 9.03. The first-order chi connectivity index (χ1) is 13.1. The van der Waals surface area contributed by atoms with Gasteiger partial charge in [0, 0.05) is 16.5 Å². The van der Waals surface area contributed by atoms with Gasteiger partial charge in [-0.05, 0) is 49.2 Å². The SMILES string of the molecule is COc1ccc(COC2CC(C)n3nnc(C)c3-c3ccc(Br)cc32)cc1. The highest BCUT2D eigenvalue weighted by atomic mass is 79.9. The highest BCUT2D eigenvalue weighted by Gasteiger charge is 2.29. The van der Waals surface area contributed by atoms with Crippen molar-refractivity contribution < 1.29 is 9.47 Å². The van der Waals surface area contributed by atoms with Gasteiger partial charge in [0.15, 0.2) is 0 Å². The molecule has 5 nitrogen and oxygen atoms in total. The maximum atomic E-state index is 6.39. The Bertz CT molecular complexity index is 953. The molecule has 3 aromatic rings. The molecule has 0 saturated carbocycles. The number of fused-ring (bicyclic) bond motifs is 3.